The molecule has 3 aromatic carbocycles. The molecule has 4 rings (SSSR count). The van der Waals surface area contributed by atoms with E-state index in [2.05, 4.69) is 29.6 Å². The third kappa shape index (κ3) is 3.18. The van der Waals surface area contributed by atoms with Crippen molar-refractivity contribution in [1.82, 2.24) is 4.90 Å². The van der Waals surface area contributed by atoms with Gasteiger partial charge in [0.1, 0.15) is 17.3 Å². The molecule has 142 valence electrons. The van der Waals surface area contributed by atoms with Gasteiger partial charge < -0.3 is 5.32 Å². The number of hydrogen-bond acceptors (Lipinski definition) is 2. The first kappa shape index (κ1) is 18.3. The molecule has 0 saturated heterocycles. The highest BCUT2D eigenvalue weighted by molar-refractivity contribution is 5.92. The van der Waals surface area contributed by atoms with Crippen molar-refractivity contribution in [2.45, 2.75) is 13.0 Å². The molecule has 1 amide bonds. The highest BCUT2D eigenvalue weighted by Crippen LogP contribution is 2.45. The summed E-state index contributed by atoms with van der Waals surface area (Å²) in [6.07, 6.45) is 0. The molecule has 0 unspecified atom stereocenters. The number of likely N-dealkylation sites (N-methyl/N-ethyl adjacent to an activating group) is 1. The Hall–Kier alpha value is -3.05. The van der Waals surface area contributed by atoms with Gasteiger partial charge >= 0.3 is 0 Å². The Bertz CT molecular complexity index is 969. The maximum absolute atomic E-state index is 13.9. The molecule has 0 atom stereocenters. The van der Waals surface area contributed by atoms with Crippen molar-refractivity contribution in [3.05, 3.63) is 89.5 Å². The molecule has 1 aliphatic carbocycles. The summed E-state index contributed by atoms with van der Waals surface area (Å²) in [4.78, 5) is 14.6. The van der Waals surface area contributed by atoms with Crippen molar-refractivity contribution < 1.29 is 13.6 Å². The maximum Gasteiger partial charge on any atom is 0.238 e. The fourth-order valence-electron chi connectivity index (χ4n) is 3.89. The van der Waals surface area contributed by atoms with Crippen molar-refractivity contribution in [3.63, 3.8) is 0 Å². The quantitative estimate of drug-likeness (QED) is 0.678. The second kappa shape index (κ2) is 7.52. The zero-order chi connectivity index (χ0) is 19.7. The molecule has 3 aromatic rings. The van der Waals surface area contributed by atoms with Crippen LogP contribution in [-0.4, -0.2) is 23.9 Å². The Morgan fingerprint density at radius 3 is 1.96 bits per heavy atom. The second-order valence-electron chi connectivity index (χ2n) is 6.78. The molecule has 0 radical (unpaired) electrons. The van der Waals surface area contributed by atoms with Gasteiger partial charge in [0.15, 0.2) is 0 Å². The van der Waals surface area contributed by atoms with E-state index in [0.29, 0.717) is 6.54 Å². The molecular formula is C23H20F2N2O. The number of anilines is 1. The minimum atomic E-state index is -0.784. The molecule has 3 nitrogen and oxygen atoms in total. The van der Waals surface area contributed by atoms with E-state index in [-0.39, 0.29) is 12.6 Å². The van der Waals surface area contributed by atoms with Crippen LogP contribution in [-0.2, 0) is 4.79 Å². The lowest BCUT2D eigenvalue weighted by atomic mass is 10.0. The van der Waals surface area contributed by atoms with E-state index in [1.54, 1.807) is 0 Å². The van der Waals surface area contributed by atoms with Crippen molar-refractivity contribution in [2.75, 3.05) is 18.4 Å². The number of nitrogens with one attached hydrogen (secondary N) is 1. The van der Waals surface area contributed by atoms with Crippen LogP contribution in [0.3, 0.4) is 0 Å². The summed E-state index contributed by atoms with van der Waals surface area (Å²) in [5.74, 6) is -2.02. The maximum atomic E-state index is 13.9. The molecule has 1 N–H and O–H groups in total. The normalized spacial score (nSPS) is 12.7. The van der Waals surface area contributed by atoms with Crippen LogP contribution in [0.15, 0.2) is 66.7 Å². The van der Waals surface area contributed by atoms with Gasteiger partial charge in [-0.15, -0.1) is 0 Å². The zero-order valence-electron chi connectivity index (χ0n) is 15.5. The first-order valence-corrected chi connectivity index (χ1v) is 9.26. The Morgan fingerprint density at radius 2 is 1.43 bits per heavy atom. The third-order valence-corrected chi connectivity index (χ3v) is 5.15. The number of para-hydroxylation sites is 1. The van der Waals surface area contributed by atoms with Crippen LogP contribution >= 0.6 is 0 Å². The number of fused-ring (bicyclic) bond motifs is 3. The number of benzene rings is 3. The second-order valence-corrected chi connectivity index (χ2v) is 6.78. The van der Waals surface area contributed by atoms with Gasteiger partial charge in [-0.2, -0.15) is 0 Å². The van der Waals surface area contributed by atoms with Crippen LogP contribution in [0.5, 0.6) is 0 Å². The molecule has 28 heavy (non-hydrogen) atoms. The number of hydrogen-bond donors (Lipinski definition) is 1. The number of carbonyl (C=O) groups is 1. The summed E-state index contributed by atoms with van der Waals surface area (Å²) in [5.41, 5.74) is 4.17. The third-order valence-electron chi connectivity index (χ3n) is 5.15. The van der Waals surface area contributed by atoms with Crippen LogP contribution in [0, 0.1) is 11.6 Å². The first-order valence-electron chi connectivity index (χ1n) is 9.26. The van der Waals surface area contributed by atoms with Crippen molar-refractivity contribution in [2.24, 2.45) is 0 Å². The van der Waals surface area contributed by atoms with E-state index in [0.717, 1.165) is 34.4 Å². The van der Waals surface area contributed by atoms with Gasteiger partial charge in [-0.25, -0.2) is 8.78 Å². The molecule has 0 heterocycles. The number of carbonyl (C=O) groups excluding carboxylic acids is 1. The Labute approximate surface area is 162 Å². The van der Waals surface area contributed by atoms with Crippen molar-refractivity contribution in [3.8, 4) is 11.1 Å². The van der Waals surface area contributed by atoms with E-state index in [1.807, 2.05) is 36.1 Å². The monoisotopic (exact) mass is 378 g/mol. The van der Waals surface area contributed by atoms with Crippen LogP contribution < -0.4 is 5.32 Å². The first-order chi connectivity index (χ1) is 13.6. The Morgan fingerprint density at radius 1 is 0.893 bits per heavy atom. The molecule has 0 fully saturated rings. The summed E-state index contributed by atoms with van der Waals surface area (Å²) in [6, 6.07) is 19.7. The van der Waals surface area contributed by atoms with Gasteiger partial charge in [0.05, 0.1) is 12.6 Å². The van der Waals surface area contributed by atoms with Gasteiger partial charge in [0.2, 0.25) is 5.91 Å². The van der Waals surface area contributed by atoms with Gasteiger partial charge in [0, 0.05) is 0 Å². The predicted octanol–water partition coefficient (Wildman–Crippen LogP) is 5.00. The van der Waals surface area contributed by atoms with Crippen LogP contribution in [0.2, 0.25) is 0 Å². The predicted molar refractivity (Wildman–Crippen MR) is 106 cm³/mol. The van der Waals surface area contributed by atoms with Crippen molar-refractivity contribution in [1.29, 1.82) is 0 Å². The molecule has 5 heteroatoms. The largest absolute Gasteiger partial charge is 0.320 e. The van der Waals surface area contributed by atoms with Crippen LogP contribution in [0.25, 0.3) is 11.1 Å². The minimum Gasteiger partial charge on any atom is -0.320 e. The summed E-state index contributed by atoms with van der Waals surface area (Å²) in [6.45, 7) is 2.61. The molecule has 0 saturated carbocycles. The summed E-state index contributed by atoms with van der Waals surface area (Å²) in [5, 5.41) is 2.38. The Kier molecular flexibility index (Phi) is 4.92. The van der Waals surface area contributed by atoms with Crippen LogP contribution in [0.4, 0.5) is 14.5 Å². The summed E-state index contributed by atoms with van der Waals surface area (Å²) in [7, 11) is 0. The van der Waals surface area contributed by atoms with E-state index >= 15 is 0 Å². The van der Waals surface area contributed by atoms with Gasteiger partial charge in [-0.1, -0.05) is 61.5 Å². The number of rotatable bonds is 5. The lowest BCUT2D eigenvalue weighted by Crippen LogP contribution is -2.36. The highest BCUT2D eigenvalue weighted by Gasteiger charge is 2.32. The molecule has 0 spiro atoms. The van der Waals surface area contributed by atoms with E-state index in [9.17, 15) is 13.6 Å². The summed E-state index contributed by atoms with van der Waals surface area (Å²) < 4.78 is 27.7. The molecule has 1 aliphatic rings. The van der Waals surface area contributed by atoms with Crippen molar-refractivity contribution >= 4 is 11.6 Å². The van der Waals surface area contributed by atoms with E-state index in [4.69, 9.17) is 0 Å². The lowest BCUT2D eigenvalue weighted by molar-refractivity contribution is -0.117. The molecular weight excluding hydrogens is 358 g/mol. The van der Waals surface area contributed by atoms with Crippen LogP contribution in [0.1, 0.15) is 24.1 Å². The van der Waals surface area contributed by atoms with Gasteiger partial charge in [-0.3, -0.25) is 9.69 Å². The number of halogens is 2. The Balaban J connectivity index is 1.62. The minimum absolute atomic E-state index is 0.0254. The average Bonchev–Trinajstić information content (AvgIpc) is 3.04. The fourth-order valence-corrected chi connectivity index (χ4v) is 3.89. The van der Waals surface area contributed by atoms with Gasteiger partial charge in [0.25, 0.3) is 0 Å². The topological polar surface area (TPSA) is 32.3 Å². The molecule has 0 bridgehead atoms. The molecule has 0 aromatic heterocycles. The standard InChI is InChI=1S/C23H20F2N2O/c1-2-27(14-21(28)26-22-19(24)12-7-13-20(22)25)23-17-10-5-3-8-15(17)16-9-4-6-11-18(16)23/h3-13,23H,2,14H2,1H3,(H,26,28). The van der Waals surface area contributed by atoms with Gasteiger partial charge in [-0.05, 0) is 40.9 Å². The summed E-state index contributed by atoms with van der Waals surface area (Å²) >= 11 is 0. The highest BCUT2D eigenvalue weighted by atomic mass is 19.1. The molecule has 0 aliphatic heterocycles. The number of nitrogens with zero attached hydrogens (tertiary/aromatic N) is 1. The van der Waals surface area contributed by atoms with E-state index < -0.39 is 23.2 Å². The van der Waals surface area contributed by atoms with E-state index in [1.165, 1.54) is 6.07 Å². The smallest absolute Gasteiger partial charge is 0.238 e. The zero-order valence-corrected chi connectivity index (χ0v) is 15.5. The average molecular weight is 378 g/mol. The fraction of sp³-hybridized carbons (Fsp3) is 0.174. The lowest BCUT2D eigenvalue weighted by Gasteiger charge is -2.28. The SMILES string of the molecule is CCN(CC(=O)Nc1c(F)cccc1F)C1c2ccccc2-c2ccccc21. The number of amides is 1.